The summed E-state index contributed by atoms with van der Waals surface area (Å²) in [5, 5.41) is 4.60. The van der Waals surface area contributed by atoms with Crippen LogP contribution in [0.25, 0.3) is 0 Å². The molecule has 0 spiro atoms. The lowest BCUT2D eigenvalue weighted by molar-refractivity contribution is -0.115. The summed E-state index contributed by atoms with van der Waals surface area (Å²) in [5.74, 6) is -0.117. The van der Waals surface area contributed by atoms with Gasteiger partial charge in [0.2, 0.25) is 5.91 Å². The monoisotopic (exact) mass is 370 g/mol. The van der Waals surface area contributed by atoms with Crippen molar-refractivity contribution in [2.24, 2.45) is 5.10 Å². The molecule has 26 heavy (non-hydrogen) atoms. The first-order chi connectivity index (χ1) is 12.6. The van der Waals surface area contributed by atoms with Crippen molar-refractivity contribution in [2.45, 2.75) is 27.7 Å². The van der Waals surface area contributed by atoms with Gasteiger partial charge in [0, 0.05) is 12.4 Å². The number of thioether (sulfide) groups is 1. The van der Waals surface area contributed by atoms with Gasteiger partial charge >= 0.3 is 0 Å². The van der Waals surface area contributed by atoms with E-state index >= 15 is 0 Å². The number of anilines is 1. The van der Waals surface area contributed by atoms with E-state index in [-0.39, 0.29) is 11.8 Å². The Morgan fingerprint density at radius 1 is 1.23 bits per heavy atom. The SMILES string of the molecule is CC.Cc1cccc(N2C(=O)CSC2=NNC(=O)c2cccnc2)c1C. The van der Waals surface area contributed by atoms with Gasteiger partial charge in [-0.2, -0.15) is 0 Å². The minimum atomic E-state index is -0.364. The van der Waals surface area contributed by atoms with Crippen molar-refractivity contribution in [3.05, 3.63) is 59.4 Å². The second-order valence-corrected chi connectivity index (χ2v) is 6.26. The third-order valence-corrected chi connectivity index (χ3v) is 4.68. The molecule has 0 radical (unpaired) electrons. The summed E-state index contributed by atoms with van der Waals surface area (Å²) in [6.45, 7) is 7.96. The molecule has 1 aromatic carbocycles. The number of aromatic nitrogens is 1. The Hall–Kier alpha value is -2.67. The van der Waals surface area contributed by atoms with E-state index in [1.807, 2.05) is 45.9 Å². The molecule has 0 unspecified atom stereocenters. The lowest BCUT2D eigenvalue weighted by Crippen LogP contribution is -2.32. The summed E-state index contributed by atoms with van der Waals surface area (Å²) in [4.78, 5) is 29.8. The third kappa shape index (κ3) is 4.29. The van der Waals surface area contributed by atoms with Crippen LogP contribution >= 0.6 is 11.8 Å². The van der Waals surface area contributed by atoms with Crippen molar-refractivity contribution < 1.29 is 9.59 Å². The van der Waals surface area contributed by atoms with Crippen LogP contribution in [0.2, 0.25) is 0 Å². The fraction of sp³-hybridized carbons (Fsp3) is 0.263. The normalized spacial score (nSPS) is 14.8. The first-order valence-corrected chi connectivity index (χ1v) is 9.36. The van der Waals surface area contributed by atoms with Crippen LogP contribution in [0.3, 0.4) is 0 Å². The number of rotatable bonds is 3. The van der Waals surface area contributed by atoms with Gasteiger partial charge in [-0.15, -0.1) is 5.10 Å². The standard InChI is InChI=1S/C17H16N4O2S.C2H6/c1-11-5-3-7-14(12(11)2)21-15(22)10-24-17(21)20-19-16(23)13-6-4-8-18-9-13;1-2/h3-9H,10H2,1-2H3,(H,19,23);1-2H3. The van der Waals surface area contributed by atoms with Crippen LogP contribution in [-0.2, 0) is 4.79 Å². The van der Waals surface area contributed by atoms with Gasteiger partial charge in [-0.3, -0.25) is 19.5 Å². The molecule has 1 aliphatic rings. The predicted molar refractivity (Wildman–Crippen MR) is 106 cm³/mol. The van der Waals surface area contributed by atoms with Gasteiger partial charge < -0.3 is 0 Å². The molecule has 1 aromatic heterocycles. The van der Waals surface area contributed by atoms with E-state index in [2.05, 4.69) is 15.5 Å². The van der Waals surface area contributed by atoms with E-state index in [0.29, 0.717) is 16.5 Å². The molecule has 0 bridgehead atoms. The number of amidine groups is 1. The Morgan fingerprint density at radius 3 is 2.69 bits per heavy atom. The van der Waals surface area contributed by atoms with Crippen LogP contribution < -0.4 is 10.3 Å². The second-order valence-electron chi connectivity index (χ2n) is 5.31. The van der Waals surface area contributed by atoms with Gasteiger partial charge in [0.15, 0.2) is 5.17 Å². The Labute approximate surface area is 157 Å². The zero-order valence-electron chi connectivity index (χ0n) is 15.3. The van der Waals surface area contributed by atoms with Crippen LogP contribution in [0.5, 0.6) is 0 Å². The van der Waals surface area contributed by atoms with Gasteiger partial charge in [-0.1, -0.05) is 37.7 Å². The highest BCUT2D eigenvalue weighted by molar-refractivity contribution is 8.15. The molecule has 2 amide bonds. The molecule has 1 saturated heterocycles. The number of nitrogens with zero attached hydrogens (tertiary/aromatic N) is 3. The highest BCUT2D eigenvalue weighted by Crippen LogP contribution is 2.30. The molecule has 6 nitrogen and oxygen atoms in total. The summed E-state index contributed by atoms with van der Waals surface area (Å²) >= 11 is 1.30. The zero-order chi connectivity index (χ0) is 19.1. The minimum absolute atomic E-state index is 0.0527. The average molecular weight is 370 g/mol. The summed E-state index contributed by atoms with van der Waals surface area (Å²) in [5.41, 5.74) is 5.80. The van der Waals surface area contributed by atoms with E-state index in [9.17, 15) is 9.59 Å². The molecule has 0 aliphatic carbocycles. The van der Waals surface area contributed by atoms with Gasteiger partial charge in [0.05, 0.1) is 17.0 Å². The molecular weight excluding hydrogens is 348 g/mol. The Morgan fingerprint density at radius 2 is 2.00 bits per heavy atom. The molecule has 136 valence electrons. The molecular formula is C19H22N4O2S. The summed E-state index contributed by atoms with van der Waals surface area (Å²) in [7, 11) is 0. The maximum Gasteiger partial charge on any atom is 0.273 e. The number of hydrogen-bond acceptors (Lipinski definition) is 5. The molecule has 0 saturated carbocycles. The van der Waals surface area contributed by atoms with E-state index in [1.54, 1.807) is 23.2 Å². The van der Waals surface area contributed by atoms with Gasteiger partial charge in [0.1, 0.15) is 0 Å². The van der Waals surface area contributed by atoms with Crippen LogP contribution in [0.15, 0.2) is 47.8 Å². The van der Waals surface area contributed by atoms with Gasteiger partial charge in [-0.05, 0) is 43.2 Å². The van der Waals surface area contributed by atoms with E-state index in [0.717, 1.165) is 16.8 Å². The Bertz CT molecular complexity index is 822. The minimum Gasteiger partial charge on any atom is -0.273 e. The van der Waals surface area contributed by atoms with E-state index in [1.165, 1.54) is 18.0 Å². The van der Waals surface area contributed by atoms with Crippen LogP contribution in [0.1, 0.15) is 35.3 Å². The highest BCUT2D eigenvalue weighted by Gasteiger charge is 2.31. The number of benzene rings is 1. The Kier molecular flexibility index (Phi) is 6.91. The largest absolute Gasteiger partial charge is 0.273 e. The number of carbonyl (C=O) groups excluding carboxylic acids is 2. The smallest absolute Gasteiger partial charge is 0.273 e. The lowest BCUT2D eigenvalue weighted by Gasteiger charge is -2.19. The molecule has 3 rings (SSSR count). The number of aryl methyl sites for hydroxylation is 1. The molecule has 1 fully saturated rings. The number of hydrazone groups is 1. The first kappa shape index (κ1) is 19.7. The van der Waals surface area contributed by atoms with Crippen LogP contribution in [-0.4, -0.2) is 27.7 Å². The molecule has 1 N–H and O–H groups in total. The average Bonchev–Trinajstić information content (AvgIpc) is 3.05. The fourth-order valence-corrected chi connectivity index (χ4v) is 3.14. The van der Waals surface area contributed by atoms with Crippen molar-refractivity contribution >= 4 is 34.4 Å². The van der Waals surface area contributed by atoms with Gasteiger partial charge in [0.25, 0.3) is 5.91 Å². The maximum atomic E-state index is 12.3. The number of pyridine rings is 1. The molecule has 2 heterocycles. The number of hydrogen-bond donors (Lipinski definition) is 1. The number of amides is 2. The van der Waals surface area contributed by atoms with Crippen molar-refractivity contribution in [3.63, 3.8) is 0 Å². The maximum absolute atomic E-state index is 12.3. The summed E-state index contributed by atoms with van der Waals surface area (Å²) in [6, 6.07) is 9.11. The lowest BCUT2D eigenvalue weighted by atomic mass is 10.1. The van der Waals surface area contributed by atoms with Crippen molar-refractivity contribution in [3.8, 4) is 0 Å². The number of carbonyl (C=O) groups is 2. The van der Waals surface area contributed by atoms with Crippen LogP contribution in [0, 0.1) is 13.8 Å². The molecule has 0 atom stereocenters. The van der Waals surface area contributed by atoms with Crippen molar-refractivity contribution in [1.82, 2.24) is 10.4 Å². The summed E-state index contributed by atoms with van der Waals surface area (Å²) in [6.07, 6.45) is 3.06. The fourth-order valence-electron chi connectivity index (χ4n) is 2.32. The second kappa shape index (κ2) is 9.15. The van der Waals surface area contributed by atoms with Crippen molar-refractivity contribution in [2.75, 3.05) is 10.7 Å². The van der Waals surface area contributed by atoms with Crippen molar-refractivity contribution in [1.29, 1.82) is 0 Å². The zero-order valence-corrected chi connectivity index (χ0v) is 16.1. The number of nitrogens with one attached hydrogen (secondary N) is 1. The quantitative estimate of drug-likeness (QED) is 0.839. The molecule has 7 heteroatoms. The predicted octanol–water partition coefficient (Wildman–Crippen LogP) is 3.51. The topological polar surface area (TPSA) is 74.7 Å². The highest BCUT2D eigenvalue weighted by atomic mass is 32.2. The first-order valence-electron chi connectivity index (χ1n) is 8.38. The molecule has 1 aliphatic heterocycles. The van der Waals surface area contributed by atoms with E-state index in [4.69, 9.17) is 0 Å². The molecule has 2 aromatic rings. The van der Waals surface area contributed by atoms with Crippen LogP contribution in [0.4, 0.5) is 5.69 Å². The third-order valence-electron chi connectivity index (χ3n) is 3.76. The van der Waals surface area contributed by atoms with Gasteiger partial charge in [-0.25, -0.2) is 5.43 Å². The Balaban J connectivity index is 0.00000117. The summed E-state index contributed by atoms with van der Waals surface area (Å²) < 4.78 is 0. The van der Waals surface area contributed by atoms with E-state index < -0.39 is 0 Å².